The number of carbonyl (C=O) groups is 1. The third-order valence-corrected chi connectivity index (χ3v) is 3.72. The second-order valence-corrected chi connectivity index (χ2v) is 5.60. The van der Waals surface area contributed by atoms with Crippen LogP contribution in [0.15, 0.2) is 60.8 Å². The van der Waals surface area contributed by atoms with Gasteiger partial charge in [-0.15, -0.1) is 0 Å². The third kappa shape index (κ3) is 5.01. The van der Waals surface area contributed by atoms with Crippen molar-refractivity contribution in [3.63, 3.8) is 0 Å². The predicted molar refractivity (Wildman–Crippen MR) is 101 cm³/mol. The number of anilines is 1. The van der Waals surface area contributed by atoms with Gasteiger partial charge in [0.05, 0.1) is 13.7 Å². The monoisotopic (exact) mass is 367 g/mol. The lowest BCUT2D eigenvalue weighted by molar-refractivity contribution is 0.102. The average molecular weight is 367 g/mol. The molecule has 3 rings (SSSR count). The Morgan fingerprint density at radius 3 is 2.26 bits per heavy atom. The first-order chi connectivity index (χ1) is 13.2. The molecule has 27 heavy (non-hydrogen) atoms. The maximum absolute atomic E-state index is 12.3. The third-order valence-electron chi connectivity index (χ3n) is 3.72. The van der Waals surface area contributed by atoms with Crippen LogP contribution >= 0.6 is 0 Å². The normalized spacial score (nSPS) is 10.3. The number of aromatic nitrogens is 2. The molecule has 0 atom stereocenters. The smallest absolute Gasteiger partial charge is 0.276 e. The van der Waals surface area contributed by atoms with Gasteiger partial charge in [0.25, 0.3) is 5.91 Å². The Kier molecular flexibility index (Phi) is 5.94. The van der Waals surface area contributed by atoms with Crippen molar-refractivity contribution in [3.8, 4) is 17.2 Å². The van der Waals surface area contributed by atoms with Crippen molar-refractivity contribution in [1.82, 2.24) is 9.78 Å². The summed E-state index contributed by atoms with van der Waals surface area (Å²) in [6.07, 6.45) is 1.69. The SMILES string of the molecule is CCOc1ccc(NC(=O)c2ccn(COc3ccc(OC)cc3)n2)cc1. The molecule has 1 heterocycles. The minimum Gasteiger partial charge on any atom is -0.497 e. The van der Waals surface area contributed by atoms with Crippen molar-refractivity contribution >= 4 is 11.6 Å². The van der Waals surface area contributed by atoms with Gasteiger partial charge in [-0.2, -0.15) is 5.10 Å². The van der Waals surface area contributed by atoms with E-state index in [1.165, 1.54) is 0 Å². The van der Waals surface area contributed by atoms with Gasteiger partial charge in [0.15, 0.2) is 12.4 Å². The molecule has 0 fully saturated rings. The Hall–Kier alpha value is -3.48. The highest BCUT2D eigenvalue weighted by Crippen LogP contribution is 2.18. The van der Waals surface area contributed by atoms with Gasteiger partial charge >= 0.3 is 0 Å². The van der Waals surface area contributed by atoms with E-state index in [1.54, 1.807) is 48.3 Å². The van der Waals surface area contributed by atoms with E-state index in [0.29, 0.717) is 23.7 Å². The zero-order valence-electron chi connectivity index (χ0n) is 15.2. The topological polar surface area (TPSA) is 74.6 Å². The molecule has 0 aliphatic heterocycles. The Morgan fingerprint density at radius 1 is 0.963 bits per heavy atom. The Labute approximate surface area is 157 Å². The number of carbonyl (C=O) groups excluding carboxylic acids is 1. The highest BCUT2D eigenvalue weighted by molar-refractivity contribution is 6.02. The van der Waals surface area contributed by atoms with Gasteiger partial charge in [-0.3, -0.25) is 4.79 Å². The molecule has 0 unspecified atom stereocenters. The molecule has 0 radical (unpaired) electrons. The lowest BCUT2D eigenvalue weighted by Crippen LogP contribution is -2.14. The Morgan fingerprint density at radius 2 is 1.59 bits per heavy atom. The van der Waals surface area contributed by atoms with Crippen molar-refractivity contribution < 1.29 is 19.0 Å². The zero-order valence-corrected chi connectivity index (χ0v) is 15.2. The van der Waals surface area contributed by atoms with Gasteiger partial charge in [0.2, 0.25) is 0 Å². The second kappa shape index (κ2) is 8.75. The number of hydrogen-bond acceptors (Lipinski definition) is 5. The van der Waals surface area contributed by atoms with Crippen LogP contribution in [0.5, 0.6) is 17.2 Å². The lowest BCUT2D eigenvalue weighted by atomic mass is 10.3. The van der Waals surface area contributed by atoms with Crippen molar-refractivity contribution in [2.45, 2.75) is 13.7 Å². The summed E-state index contributed by atoms with van der Waals surface area (Å²) in [6, 6.07) is 16.1. The van der Waals surface area contributed by atoms with Crippen molar-refractivity contribution in [1.29, 1.82) is 0 Å². The Balaban J connectivity index is 1.55. The number of ether oxygens (including phenoxy) is 3. The van der Waals surface area contributed by atoms with E-state index < -0.39 is 0 Å². The summed E-state index contributed by atoms with van der Waals surface area (Å²) in [5.74, 6) is 1.92. The summed E-state index contributed by atoms with van der Waals surface area (Å²) in [5, 5.41) is 7.03. The molecule has 3 aromatic rings. The first kappa shape index (κ1) is 18.3. The summed E-state index contributed by atoms with van der Waals surface area (Å²) in [7, 11) is 1.61. The molecule has 1 amide bonds. The van der Waals surface area contributed by atoms with Crippen molar-refractivity contribution in [3.05, 3.63) is 66.5 Å². The minimum atomic E-state index is -0.289. The molecule has 0 saturated carbocycles. The van der Waals surface area contributed by atoms with Gasteiger partial charge < -0.3 is 19.5 Å². The molecule has 0 aliphatic rings. The molecule has 1 aromatic heterocycles. The zero-order chi connectivity index (χ0) is 19.1. The largest absolute Gasteiger partial charge is 0.497 e. The summed E-state index contributed by atoms with van der Waals surface area (Å²) < 4.78 is 17.7. The summed E-state index contributed by atoms with van der Waals surface area (Å²) in [5.41, 5.74) is 0.981. The van der Waals surface area contributed by atoms with E-state index in [2.05, 4.69) is 10.4 Å². The van der Waals surface area contributed by atoms with Crippen LogP contribution in [0.3, 0.4) is 0 Å². The van der Waals surface area contributed by atoms with Crippen LogP contribution in [-0.4, -0.2) is 29.4 Å². The number of nitrogens with one attached hydrogen (secondary N) is 1. The molecular weight excluding hydrogens is 346 g/mol. The number of nitrogens with zero attached hydrogens (tertiary/aromatic N) is 2. The highest BCUT2D eigenvalue weighted by atomic mass is 16.5. The van der Waals surface area contributed by atoms with Gasteiger partial charge in [-0.25, -0.2) is 4.68 Å². The fourth-order valence-electron chi connectivity index (χ4n) is 2.36. The van der Waals surface area contributed by atoms with Crippen LogP contribution in [-0.2, 0) is 6.73 Å². The summed E-state index contributed by atoms with van der Waals surface area (Å²) in [6.45, 7) is 2.72. The number of benzene rings is 2. The highest BCUT2D eigenvalue weighted by Gasteiger charge is 2.10. The number of rotatable bonds is 8. The fourth-order valence-corrected chi connectivity index (χ4v) is 2.36. The Bertz CT molecular complexity index is 873. The van der Waals surface area contributed by atoms with Crippen molar-refractivity contribution in [2.24, 2.45) is 0 Å². The van der Waals surface area contributed by atoms with Crippen molar-refractivity contribution in [2.75, 3.05) is 19.0 Å². The van der Waals surface area contributed by atoms with Crippen LogP contribution in [0.25, 0.3) is 0 Å². The fraction of sp³-hybridized carbons (Fsp3) is 0.200. The molecule has 0 bridgehead atoms. The standard InChI is InChI=1S/C20H21N3O4/c1-3-26-17-6-4-15(5-7-17)21-20(24)19-12-13-23(22-19)14-27-18-10-8-16(25-2)9-11-18/h4-13H,3,14H2,1-2H3,(H,21,24). The summed E-state index contributed by atoms with van der Waals surface area (Å²) >= 11 is 0. The number of amides is 1. The quantitative estimate of drug-likeness (QED) is 0.659. The number of methoxy groups -OCH3 is 1. The predicted octanol–water partition coefficient (Wildman–Crippen LogP) is 3.58. The molecular formula is C20H21N3O4. The van der Waals surface area contributed by atoms with Crippen LogP contribution in [0.1, 0.15) is 17.4 Å². The molecule has 0 aliphatic carbocycles. The van der Waals surface area contributed by atoms with Crippen LogP contribution in [0.4, 0.5) is 5.69 Å². The van der Waals surface area contributed by atoms with E-state index in [1.807, 2.05) is 31.2 Å². The maximum Gasteiger partial charge on any atom is 0.276 e. The van der Waals surface area contributed by atoms with Gasteiger partial charge in [0.1, 0.15) is 17.2 Å². The molecule has 7 nitrogen and oxygen atoms in total. The molecule has 7 heteroatoms. The van der Waals surface area contributed by atoms with E-state index >= 15 is 0 Å². The number of hydrogen-bond donors (Lipinski definition) is 1. The molecule has 2 aromatic carbocycles. The molecule has 0 saturated heterocycles. The average Bonchev–Trinajstić information content (AvgIpc) is 3.18. The molecule has 0 spiro atoms. The van der Waals surface area contributed by atoms with Gasteiger partial charge in [0, 0.05) is 11.9 Å². The van der Waals surface area contributed by atoms with Crippen LogP contribution in [0, 0.1) is 0 Å². The minimum absolute atomic E-state index is 0.197. The van der Waals surface area contributed by atoms with Gasteiger partial charge in [-0.05, 0) is 61.5 Å². The second-order valence-electron chi connectivity index (χ2n) is 5.60. The first-order valence-corrected chi connectivity index (χ1v) is 8.52. The summed E-state index contributed by atoms with van der Waals surface area (Å²) in [4.78, 5) is 12.3. The molecule has 140 valence electrons. The van der Waals surface area contributed by atoms with E-state index in [0.717, 1.165) is 11.5 Å². The first-order valence-electron chi connectivity index (χ1n) is 8.52. The lowest BCUT2D eigenvalue weighted by Gasteiger charge is -2.07. The van der Waals surface area contributed by atoms with E-state index in [9.17, 15) is 4.79 Å². The van der Waals surface area contributed by atoms with E-state index in [-0.39, 0.29) is 12.6 Å². The van der Waals surface area contributed by atoms with Crippen LogP contribution in [0.2, 0.25) is 0 Å². The molecule has 1 N–H and O–H groups in total. The van der Waals surface area contributed by atoms with Crippen LogP contribution < -0.4 is 19.5 Å². The van der Waals surface area contributed by atoms with E-state index in [4.69, 9.17) is 14.2 Å². The maximum atomic E-state index is 12.3. The van der Waals surface area contributed by atoms with Gasteiger partial charge in [-0.1, -0.05) is 0 Å².